The Morgan fingerprint density at radius 2 is 1.58 bits per heavy atom. The molecule has 1 aliphatic heterocycles. The van der Waals surface area contributed by atoms with E-state index in [1.807, 2.05) is 30.3 Å². The molecule has 0 atom stereocenters. The Labute approximate surface area is 162 Å². The van der Waals surface area contributed by atoms with Crippen LogP contribution in [0.2, 0.25) is 10.0 Å². The van der Waals surface area contributed by atoms with E-state index in [1.165, 1.54) is 7.11 Å². The van der Waals surface area contributed by atoms with Crippen molar-refractivity contribution >= 4 is 34.9 Å². The second-order valence-electron chi connectivity index (χ2n) is 6.27. The Morgan fingerprint density at radius 3 is 2.12 bits per heavy atom. The van der Waals surface area contributed by atoms with Crippen molar-refractivity contribution in [3.63, 3.8) is 0 Å². The summed E-state index contributed by atoms with van der Waals surface area (Å²) < 4.78 is 5.11. The van der Waals surface area contributed by atoms with Gasteiger partial charge in [-0.15, -0.1) is 0 Å². The van der Waals surface area contributed by atoms with Gasteiger partial charge in [-0.25, -0.2) is 0 Å². The van der Waals surface area contributed by atoms with Crippen molar-refractivity contribution in [1.29, 1.82) is 0 Å². The third kappa shape index (κ3) is 3.87. The molecule has 0 unspecified atom stereocenters. The number of hydrogen-bond donors (Lipinski definition) is 0. The average molecular weight is 392 g/mol. The van der Waals surface area contributed by atoms with E-state index < -0.39 is 0 Å². The molecule has 0 bridgehead atoms. The minimum Gasteiger partial charge on any atom is -0.494 e. The highest BCUT2D eigenvalue weighted by molar-refractivity contribution is 6.37. The Bertz CT molecular complexity index is 792. The van der Waals surface area contributed by atoms with Crippen molar-refractivity contribution in [3.8, 4) is 5.75 Å². The third-order valence-electron chi connectivity index (χ3n) is 4.66. The van der Waals surface area contributed by atoms with E-state index in [2.05, 4.69) is 0 Å². The summed E-state index contributed by atoms with van der Waals surface area (Å²) in [6.07, 6.45) is 1.30. The summed E-state index contributed by atoms with van der Waals surface area (Å²) in [5.74, 6) is 0.317. The predicted molar refractivity (Wildman–Crippen MR) is 102 cm³/mol. The fourth-order valence-corrected chi connectivity index (χ4v) is 3.89. The second-order valence-corrected chi connectivity index (χ2v) is 7.08. The van der Waals surface area contributed by atoms with Gasteiger partial charge < -0.3 is 9.64 Å². The molecule has 0 radical (unpaired) electrons. The van der Waals surface area contributed by atoms with Crippen molar-refractivity contribution in [2.45, 2.75) is 12.8 Å². The Balaban J connectivity index is 1.66. The lowest BCUT2D eigenvalue weighted by Gasteiger charge is -2.31. The Kier molecular flexibility index (Phi) is 5.84. The van der Waals surface area contributed by atoms with Gasteiger partial charge in [0.05, 0.1) is 17.2 Å². The van der Waals surface area contributed by atoms with Crippen molar-refractivity contribution in [2.75, 3.05) is 20.2 Å². The van der Waals surface area contributed by atoms with Gasteiger partial charge in [-0.1, -0.05) is 53.5 Å². The number of benzene rings is 2. The summed E-state index contributed by atoms with van der Waals surface area (Å²) in [6.45, 7) is 1.06. The van der Waals surface area contributed by atoms with Crippen molar-refractivity contribution in [3.05, 3.63) is 63.6 Å². The van der Waals surface area contributed by atoms with Crippen molar-refractivity contribution in [1.82, 2.24) is 4.90 Å². The van der Waals surface area contributed by atoms with E-state index in [0.29, 0.717) is 47.3 Å². The number of ether oxygens (including phenoxy) is 1. The van der Waals surface area contributed by atoms with Crippen LogP contribution >= 0.6 is 23.2 Å². The van der Waals surface area contributed by atoms with Crippen molar-refractivity contribution in [2.24, 2.45) is 5.92 Å². The highest BCUT2D eigenvalue weighted by Gasteiger charge is 2.28. The zero-order chi connectivity index (χ0) is 18.7. The first-order chi connectivity index (χ1) is 12.5. The number of carbonyl (C=O) groups excluding carboxylic acids is 2. The second kappa shape index (κ2) is 8.11. The molecule has 1 amide bonds. The quantitative estimate of drug-likeness (QED) is 0.707. The molecular weight excluding hydrogens is 373 g/mol. The number of ketones is 1. The maximum absolute atomic E-state index is 12.7. The summed E-state index contributed by atoms with van der Waals surface area (Å²) in [5, 5.41) is 0.606. The maximum atomic E-state index is 12.7. The molecule has 1 heterocycles. The number of likely N-dealkylation sites (tertiary alicyclic amines) is 1. The van der Waals surface area contributed by atoms with Crippen LogP contribution in [0.3, 0.4) is 0 Å². The zero-order valence-corrected chi connectivity index (χ0v) is 15.9. The van der Waals surface area contributed by atoms with Crippen LogP contribution in [0.15, 0.2) is 42.5 Å². The molecule has 0 aliphatic carbocycles. The molecule has 26 heavy (non-hydrogen) atoms. The average Bonchev–Trinajstić information content (AvgIpc) is 2.67. The van der Waals surface area contributed by atoms with Gasteiger partial charge in [0.2, 0.25) is 0 Å². The molecule has 1 aliphatic rings. The third-order valence-corrected chi connectivity index (χ3v) is 5.22. The number of amides is 1. The predicted octanol–water partition coefficient (Wildman–Crippen LogP) is 4.74. The van der Waals surface area contributed by atoms with Crippen LogP contribution in [0.4, 0.5) is 0 Å². The van der Waals surface area contributed by atoms with Crippen LogP contribution in [-0.4, -0.2) is 36.8 Å². The summed E-state index contributed by atoms with van der Waals surface area (Å²) in [7, 11) is 1.48. The van der Waals surface area contributed by atoms with Gasteiger partial charge in [0.1, 0.15) is 0 Å². The van der Waals surface area contributed by atoms with Gasteiger partial charge in [-0.05, 0) is 25.0 Å². The van der Waals surface area contributed by atoms with Crippen LogP contribution in [0, 0.1) is 5.92 Å². The van der Waals surface area contributed by atoms with Gasteiger partial charge in [-0.2, -0.15) is 0 Å². The lowest BCUT2D eigenvalue weighted by atomic mass is 9.88. The molecule has 3 rings (SSSR count). The molecule has 0 saturated carbocycles. The summed E-state index contributed by atoms with van der Waals surface area (Å²) in [4.78, 5) is 27.0. The lowest BCUT2D eigenvalue weighted by Crippen LogP contribution is -2.40. The number of nitrogens with zero attached hydrogens (tertiary/aromatic N) is 1. The molecule has 0 spiro atoms. The fourth-order valence-electron chi connectivity index (χ4n) is 3.24. The van der Waals surface area contributed by atoms with E-state index in [9.17, 15) is 9.59 Å². The van der Waals surface area contributed by atoms with E-state index in [1.54, 1.807) is 17.0 Å². The van der Waals surface area contributed by atoms with E-state index in [0.717, 1.165) is 5.56 Å². The summed E-state index contributed by atoms with van der Waals surface area (Å²) in [5.41, 5.74) is 1.15. The van der Waals surface area contributed by atoms with Crippen molar-refractivity contribution < 1.29 is 14.3 Å². The minimum atomic E-state index is -0.137. The molecule has 2 aromatic carbocycles. The molecule has 6 heteroatoms. The first-order valence-electron chi connectivity index (χ1n) is 8.43. The number of methoxy groups -OCH3 is 1. The molecule has 2 aromatic rings. The first kappa shape index (κ1) is 18.7. The molecule has 0 aromatic heterocycles. The molecule has 4 nitrogen and oxygen atoms in total. The standard InChI is InChI=1S/C20H19Cl2NO3/c1-26-19-16(21)11-15(12-17(19)22)20(25)23-9-7-14(8-10-23)18(24)13-5-3-2-4-6-13/h2-6,11-12,14H,7-10H2,1H3. The monoisotopic (exact) mass is 391 g/mol. The smallest absolute Gasteiger partial charge is 0.253 e. The number of piperidine rings is 1. The van der Waals surface area contributed by atoms with Gasteiger partial charge in [-0.3, -0.25) is 9.59 Å². The fraction of sp³-hybridized carbons (Fsp3) is 0.300. The highest BCUT2D eigenvalue weighted by Crippen LogP contribution is 2.34. The lowest BCUT2D eigenvalue weighted by molar-refractivity contribution is 0.0650. The van der Waals surface area contributed by atoms with E-state index in [4.69, 9.17) is 27.9 Å². The molecular formula is C20H19Cl2NO3. The van der Waals surface area contributed by atoms with Gasteiger partial charge in [0, 0.05) is 30.1 Å². The minimum absolute atomic E-state index is 0.0514. The molecule has 1 saturated heterocycles. The Morgan fingerprint density at radius 1 is 1.00 bits per heavy atom. The van der Waals surface area contributed by atoms with Gasteiger partial charge in [0.15, 0.2) is 11.5 Å². The molecule has 1 fully saturated rings. The van der Waals surface area contributed by atoms with E-state index >= 15 is 0 Å². The highest BCUT2D eigenvalue weighted by atomic mass is 35.5. The van der Waals surface area contributed by atoms with Gasteiger partial charge >= 0.3 is 0 Å². The zero-order valence-electron chi connectivity index (χ0n) is 14.4. The van der Waals surface area contributed by atoms with E-state index in [-0.39, 0.29) is 17.6 Å². The maximum Gasteiger partial charge on any atom is 0.253 e. The van der Waals surface area contributed by atoms with Crippen LogP contribution in [0.1, 0.15) is 33.6 Å². The summed E-state index contributed by atoms with van der Waals surface area (Å²) in [6, 6.07) is 12.4. The van der Waals surface area contributed by atoms with Crippen LogP contribution in [-0.2, 0) is 0 Å². The van der Waals surface area contributed by atoms with Crippen LogP contribution in [0.5, 0.6) is 5.75 Å². The van der Waals surface area contributed by atoms with Gasteiger partial charge in [0.25, 0.3) is 5.91 Å². The normalized spacial score (nSPS) is 15.0. The number of hydrogen-bond acceptors (Lipinski definition) is 3. The van der Waals surface area contributed by atoms with Crippen LogP contribution < -0.4 is 4.74 Å². The number of rotatable bonds is 4. The summed E-state index contributed by atoms with van der Waals surface area (Å²) >= 11 is 12.3. The molecule has 136 valence electrons. The number of halogens is 2. The number of carbonyl (C=O) groups is 2. The van der Waals surface area contributed by atoms with Crippen LogP contribution in [0.25, 0.3) is 0 Å². The SMILES string of the molecule is COc1c(Cl)cc(C(=O)N2CCC(C(=O)c3ccccc3)CC2)cc1Cl. The first-order valence-corrected chi connectivity index (χ1v) is 9.18. The number of Topliss-reactive ketones (excluding diaryl/α,β-unsaturated/α-hetero) is 1. The topological polar surface area (TPSA) is 46.6 Å². The Hall–Kier alpha value is -2.04. The largest absolute Gasteiger partial charge is 0.494 e. The molecule has 0 N–H and O–H groups in total.